The lowest BCUT2D eigenvalue weighted by molar-refractivity contribution is 0.817. The Hall–Kier alpha value is -1.89. The summed E-state index contributed by atoms with van der Waals surface area (Å²) in [6.07, 6.45) is 5.07. The van der Waals surface area contributed by atoms with Gasteiger partial charge in [0.25, 0.3) is 0 Å². The molecule has 3 heterocycles. The molecule has 0 saturated heterocycles. The number of aryl methyl sites for hydroxylation is 2. The Balaban J connectivity index is 2.08. The Labute approximate surface area is 101 Å². The summed E-state index contributed by atoms with van der Waals surface area (Å²) in [5.74, 6) is 0. The van der Waals surface area contributed by atoms with Crippen molar-refractivity contribution in [1.82, 2.24) is 29.7 Å². The number of nitrogens with one attached hydrogen (secondary N) is 1. The fraction of sp³-hybridized carbons (Fsp3) is 0.200. The summed E-state index contributed by atoms with van der Waals surface area (Å²) in [6, 6.07) is 0. The lowest BCUT2D eigenvalue weighted by Gasteiger charge is -2.03. The molecular formula is C10H10N6S. The van der Waals surface area contributed by atoms with Gasteiger partial charge in [-0.1, -0.05) is 0 Å². The van der Waals surface area contributed by atoms with Crippen LogP contribution in [0.4, 0.5) is 0 Å². The summed E-state index contributed by atoms with van der Waals surface area (Å²) in [6.45, 7) is 1.98. The zero-order valence-electron chi connectivity index (χ0n) is 9.38. The van der Waals surface area contributed by atoms with Crippen molar-refractivity contribution in [3.63, 3.8) is 0 Å². The number of aromatic nitrogens is 6. The van der Waals surface area contributed by atoms with Crippen molar-refractivity contribution in [2.75, 3.05) is 0 Å². The molecule has 0 fully saturated rings. The third-order valence-electron chi connectivity index (χ3n) is 2.46. The standard InChI is InChI=1S/C10H10N6S/c1-6-10(16(2)5-13-6)17-9-7-3-14-15-8(7)11-4-12-9/h3-5H,1-2H3,(H,11,12,14,15). The van der Waals surface area contributed by atoms with E-state index in [0.29, 0.717) is 0 Å². The number of aromatic amines is 1. The van der Waals surface area contributed by atoms with Crippen molar-refractivity contribution in [2.45, 2.75) is 17.0 Å². The summed E-state index contributed by atoms with van der Waals surface area (Å²) >= 11 is 1.57. The average Bonchev–Trinajstić information content (AvgIpc) is 2.91. The van der Waals surface area contributed by atoms with E-state index < -0.39 is 0 Å². The summed E-state index contributed by atoms with van der Waals surface area (Å²) in [5.41, 5.74) is 1.75. The van der Waals surface area contributed by atoms with E-state index in [1.807, 2.05) is 18.5 Å². The highest BCUT2D eigenvalue weighted by Gasteiger charge is 2.11. The Bertz CT molecular complexity index is 651. The maximum Gasteiger partial charge on any atom is 0.159 e. The number of imidazole rings is 1. The van der Waals surface area contributed by atoms with E-state index in [4.69, 9.17) is 0 Å². The smallest absolute Gasteiger partial charge is 0.159 e. The van der Waals surface area contributed by atoms with E-state index in [1.54, 1.807) is 24.3 Å². The first-order valence-corrected chi connectivity index (χ1v) is 5.87. The van der Waals surface area contributed by atoms with Crippen LogP contribution in [0, 0.1) is 6.92 Å². The van der Waals surface area contributed by atoms with Crippen molar-refractivity contribution in [1.29, 1.82) is 0 Å². The number of fused-ring (bicyclic) bond motifs is 1. The van der Waals surface area contributed by atoms with E-state index in [2.05, 4.69) is 25.1 Å². The fourth-order valence-corrected chi connectivity index (χ4v) is 2.53. The molecule has 6 nitrogen and oxygen atoms in total. The molecule has 0 bridgehead atoms. The quantitative estimate of drug-likeness (QED) is 0.694. The molecule has 0 aliphatic carbocycles. The molecule has 0 amide bonds. The van der Waals surface area contributed by atoms with E-state index >= 15 is 0 Å². The summed E-state index contributed by atoms with van der Waals surface area (Å²) < 4.78 is 1.98. The first-order valence-electron chi connectivity index (χ1n) is 5.05. The second-order valence-electron chi connectivity index (χ2n) is 3.66. The first-order chi connectivity index (χ1) is 8.25. The lowest BCUT2D eigenvalue weighted by Crippen LogP contribution is -1.91. The molecule has 17 heavy (non-hydrogen) atoms. The van der Waals surface area contributed by atoms with Crippen LogP contribution in [0.2, 0.25) is 0 Å². The molecule has 0 atom stereocenters. The van der Waals surface area contributed by atoms with Gasteiger partial charge in [0, 0.05) is 7.05 Å². The third kappa shape index (κ3) is 1.68. The van der Waals surface area contributed by atoms with Crippen LogP contribution in [0.5, 0.6) is 0 Å². The van der Waals surface area contributed by atoms with Gasteiger partial charge in [0.05, 0.1) is 23.6 Å². The second-order valence-corrected chi connectivity index (χ2v) is 4.64. The van der Waals surface area contributed by atoms with Crippen LogP contribution in [-0.4, -0.2) is 29.7 Å². The fourth-order valence-electron chi connectivity index (χ4n) is 1.60. The molecule has 86 valence electrons. The van der Waals surface area contributed by atoms with E-state index in [0.717, 1.165) is 26.8 Å². The Morgan fingerprint density at radius 2 is 2.18 bits per heavy atom. The van der Waals surface area contributed by atoms with Crippen molar-refractivity contribution < 1.29 is 0 Å². The number of hydrogen-bond acceptors (Lipinski definition) is 5. The van der Waals surface area contributed by atoms with Crippen LogP contribution in [0.3, 0.4) is 0 Å². The van der Waals surface area contributed by atoms with Crippen LogP contribution in [0.1, 0.15) is 5.69 Å². The zero-order valence-corrected chi connectivity index (χ0v) is 10.2. The van der Waals surface area contributed by atoms with Gasteiger partial charge in [-0.3, -0.25) is 5.10 Å². The molecule has 3 aromatic heterocycles. The largest absolute Gasteiger partial charge is 0.328 e. The number of nitrogens with zero attached hydrogens (tertiary/aromatic N) is 5. The summed E-state index contributed by atoms with van der Waals surface area (Å²) in [4.78, 5) is 12.7. The van der Waals surface area contributed by atoms with Crippen molar-refractivity contribution in [3.05, 3.63) is 24.5 Å². The molecule has 0 spiro atoms. The van der Waals surface area contributed by atoms with Gasteiger partial charge in [-0.2, -0.15) is 5.10 Å². The van der Waals surface area contributed by atoms with Gasteiger partial charge in [0.1, 0.15) is 16.4 Å². The highest BCUT2D eigenvalue weighted by Crippen LogP contribution is 2.31. The minimum absolute atomic E-state index is 0.752. The first kappa shape index (κ1) is 10.3. The third-order valence-corrected chi connectivity index (χ3v) is 3.75. The van der Waals surface area contributed by atoms with Crippen LogP contribution < -0.4 is 0 Å². The monoisotopic (exact) mass is 246 g/mol. The van der Waals surface area contributed by atoms with Crippen LogP contribution in [0.25, 0.3) is 11.0 Å². The van der Waals surface area contributed by atoms with Gasteiger partial charge in [-0.25, -0.2) is 15.0 Å². The minimum Gasteiger partial charge on any atom is -0.328 e. The molecule has 0 aromatic carbocycles. The van der Waals surface area contributed by atoms with Gasteiger partial charge in [-0.05, 0) is 18.7 Å². The molecule has 0 saturated carbocycles. The maximum absolute atomic E-state index is 4.29. The molecule has 1 N–H and O–H groups in total. The number of H-pyrrole nitrogens is 1. The zero-order chi connectivity index (χ0) is 11.8. The maximum atomic E-state index is 4.29. The topological polar surface area (TPSA) is 72.3 Å². The lowest BCUT2D eigenvalue weighted by atomic mass is 10.4. The molecule has 7 heteroatoms. The molecule has 0 aliphatic rings. The SMILES string of the molecule is Cc1ncn(C)c1Sc1ncnc2[nH]ncc12. The van der Waals surface area contributed by atoms with Crippen molar-refractivity contribution >= 4 is 22.8 Å². The van der Waals surface area contributed by atoms with Gasteiger partial charge in [0.15, 0.2) is 5.65 Å². The van der Waals surface area contributed by atoms with Gasteiger partial charge < -0.3 is 4.57 Å². The molecule has 3 rings (SSSR count). The summed E-state index contributed by atoms with van der Waals surface area (Å²) in [7, 11) is 1.97. The minimum atomic E-state index is 0.752. The van der Waals surface area contributed by atoms with Crippen LogP contribution >= 0.6 is 11.8 Å². The van der Waals surface area contributed by atoms with E-state index in [1.165, 1.54) is 6.33 Å². The average molecular weight is 246 g/mol. The van der Waals surface area contributed by atoms with Gasteiger partial charge in [0.2, 0.25) is 0 Å². The van der Waals surface area contributed by atoms with Gasteiger partial charge in [-0.15, -0.1) is 0 Å². The number of rotatable bonds is 2. The number of hydrogen-bond donors (Lipinski definition) is 1. The van der Waals surface area contributed by atoms with Gasteiger partial charge >= 0.3 is 0 Å². The molecule has 0 aliphatic heterocycles. The molecule has 0 radical (unpaired) electrons. The normalized spacial score (nSPS) is 11.2. The Morgan fingerprint density at radius 3 is 2.94 bits per heavy atom. The van der Waals surface area contributed by atoms with E-state index in [-0.39, 0.29) is 0 Å². The molecular weight excluding hydrogens is 236 g/mol. The Morgan fingerprint density at radius 1 is 1.29 bits per heavy atom. The second kappa shape index (κ2) is 3.85. The molecule has 3 aromatic rings. The van der Waals surface area contributed by atoms with Crippen molar-refractivity contribution in [2.24, 2.45) is 7.05 Å². The van der Waals surface area contributed by atoms with Crippen molar-refractivity contribution in [3.8, 4) is 0 Å². The Kier molecular flexibility index (Phi) is 2.32. The van der Waals surface area contributed by atoms with Crippen LogP contribution in [0.15, 0.2) is 28.9 Å². The summed E-state index contributed by atoms with van der Waals surface area (Å²) in [5, 5.41) is 9.69. The van der Waals surface area contributed by atoms with E-state index in [9.17, 15) is 0 Å². The molecule has 0 unspecified atom stereocenters. The highest BCUT2D eigenvalue weighted by molar-refractivity contribution is 7.99. The predicted molar refractivity (Wildman–Crippen MR) is 63.8 cm³/mol. The highest BCUT2D eigenvalue weighted by atomic mass is 32.2. The van der Waals surface area contributed by atoms with Crippen LogP contribution in [-0.2, 0) is 7.05 Å². The predicted octanol–water partition coefficient (Wildman–Crippen LogP) is 1.55.